The van der Waals surface area contributed by atoms with Gasteiger partial charge < -0.3 is 35.4 Å². The lowest BCUT2D eigenvalue weighted by molar-refractivity contribution is -0.143. The monoisotopic (exact) mass is 996 g/mol. The Morgan fingerprint density at radius 1 is 0.971 bits per heavy atom. The van der Waals surface area contributed by atoms with E-state index in [1.807, 2.05) is 83.5 Å². The summed E-state index contributed by atoms with van der Waals surface area (Å²) in [5.74, 6) is -0.705. The van der Waals surface area contributed by atoms with E-state index in [1.54, 1.807) is 58.2 Å². The molecule has 4 heterocycles. The van der Waals surface area contributed by atoms with Crippen molar-refractivity contribution in [2.24, 2.45) is 5.41 Å². The number of β-amino-alcohol motifs (C(OH)–C–C–N with tert-alkyl or cyclic N) is 1. The molecule has 374 valence electrons. The molecular weight excluding hydrogens is 932 g/mol. The second-order valence-corrected chi connectivity index (χ2v) is 20.7. The molecule has 18 heteroatoms. The van der Waals surface area contributed by atoms with Crippen LogP contribution in [-0.2, 0) is 25.6 Å². The van der Waals surface area contributed by atoms with Crippen LogP contribution in [0.25, 0.3) is 21.3 Å². The van der Waals surface area contributed by atoms with Crippen molar-refractivity contribution in [3.05, 3.63) is 105 Å². The summed E-state index contributed by atoms with van der Waals surface area (Å²) in [5, 5.41) is 32.3. The van der Waals surface area contributed by atoms with Crippen LogP contribution in [0.5, 0.6) is 5.75 Å². The molecule has 2 fully saturated rings. The molecular formula is C52H65ClN8O8S. The van der Waals surface area contributed by atoms with Crippen LogP contribution in [-0.4, -0.2) is 141 Å². The zero-order chi connectivity index (χ0) is 50.4. The number of likely N-dealkylation sites (tertiary alicyclic amines) is 1. The molecule has 3 aromatic carbocycles. The number of carbonyl (C=O) groups is 5. The number of aromatic nitrogens is 2. The summed E-state index contributed by atoms with van der Waals surface area (Å²) in [5.41, 5.74) is 6.55. The number of aryl methyl sites for hydroxylation is 1. The lowest BCUT2D eigenvalue weighted by atomic mass is 9.85. The van der Waals surface area contributed by atoms with E-state index in [4.69, 9.17) is 16.3 Å². The molecule has 5 aromatic rings. The predicted molar refractivity (Wildman–Crippen MR) is 271 cm³/mol. The maximum Gasteiger partial charge on any atom is 0.262 e. The van der Waals surface area contributed by atoms with Gasteiger partial charge in [0.1, 0.15) is 18.0 Å². The molecule has 70 heavy (non-hydrogen) atoms. The van der Waals surface area contributed by atoms with Crippen LogP contribution in [0.15, 0.2) is 72.2 Å². The molecule has 4 amide bonds. The van der Waals surface area contributed by atoms with E-state index in [0.717, 1.165) is 32.6 Å². The van der Waals surface area contributed by atoms with Crippen molar-refractivity contribution in [2.45, 2.75) is 97.7 Å². The smallest absolute Gasteiger partial charge is 0.262 e. The number of amides is 4. The first kappa shape index (κ1) is 52.1. The number of fused-ring (bicyclic) bond motifs is 1. The lowest BCUT2D eigenvalue weighted by Gasteiger charge is -2.37. The van der Waals surface area contributed by atoms with E-state index in [0.29, 0.717) is 66.8 Å². The zero-order valence-corrected chi connectivity index (χ0v) is 42.5. The number of hydrogen-bond donors (Lipinski definition) is 5. The molecule has 0 saturated carbocycles. The van der Waals surface area contributed by atoms with E-state index >= 15 is 0 Å². The highest BCUT2D eigenvalue weighted by Crippen LogP contribution is 2.32. The number of rotatable bonds is 17. The summed E-state index contributed by atoms with van der Waals surface area (Å²) < 4.78 is 7.09. The molecule has 16 nitrogen and oxygen atoms in total. The van der Waals surface area contributed by atoms with Crippen molar-refractivity contribution >= 4 is 63.4 Å². The van der Waals surface area contributed by atoms with E-state index in [1.165, 1.54) is 4.90 Å². The van der Waals surface area contributed by atoms with Gasteiger partial charge in [-0.2, -0.15) is 0 Å². The molecule has 0 radical (unpaired) electrons. The number of carbonyl (C=O) groups excluding carboxylic acids is 5. The van der Waals surface area contributed by atoms with Gasteiger partial charge in [0.25, 0.3) is 5.91 Å². The number of aliphatic hydroxyl groups excluding tert-OH is 2. The Kier molecular flexibility index (Phi) is 16.8. The molecule has 2 saturated heterocycles. The van der Waals surface area contributed by atoms with Crippen molar-refractivity contribution in [1.29, 1.82) is 0 Å². The summed E-state index contributed by atoms with van der Waals surface area (Å²) in [4.78, 5) is 79.1. The molecule has 7 rings (SSSR count). The van der Waals surface area contributed by atoms with E-state index in [9.17, 15) is 34.2 Å². The summed E-state index contributed by atoms with van der Waals surface area (Å²) in [6.07, 6.45) is -1.81. The van der Waals surface area contributed by atoms with Crippen LogP contribution >= 0.6 is 22.9 Å². The van der Waals surface area contributed by atoms with Crippen LogP contribution < -0.4 is 20.7 Å². The second kappa shape index (κ2) is 22.6. The average molecular weight is 998 g/mol. The molecule has 2 aliphatic heterocycles. The largest absolute Gasteiger partial charge is 0.497 e. The average Bonchev–Trinajstić information content (AvgIpc) is 4.03. The number of aliphatic hydroxyl groups is 2. The SMILES string of the molecule is COc1ccc2c(c1)c(CC(=O)NCCN1CCN(C(=O)CCC(O)N[C@H](C(=O)N3C[C@H](O)C[C@H]3C(=O)N[C@@H](C)c3ccc(-c4scnc4C)cc3)C(C)(C)C)CC1)c(C)n2C(=O)c1ccc(Cl)cc1. The van der Waals surface area contributed by atoms with Crippen molar-refractivity contribution < 1.29 is 38.9 Å². The number of halogens is 1. The fourth-order valence-electron chi connectivity index (χ4n) is 9.35. The Labute approximate surface area is 418 Å². The molecule has 5 atom stereocenters. The van der Waals surface area contributed by atoms with Crippen LogP contribution in [0, 0.1) is 19.3 Å². The number of ether oxygens (including phenoxy) is 1. The van der Waals surface area contributed by atoms with Crippen molar-refractivity contribution in [2.75, 3.05) is 52.9 Å². The number of nitrogens with zero attached hydrogens (tertiary/aromatic N) is 5. The fraction of sp³-hybridized carbons (Fsp3) is 0.462. The van der Waals surface area contributed by atoms with Gasteiger partial charge in [0, 0.05) is 80.3 Å². The zero-order valence-electron chi connectivity index (χ0n) is 41.0. The van der Waals surface area contributed by atoms with Gasteiger partial charge in [-0.25, -0.2) is 4.98 Å². The number of thiazole rings is 1. The minimum atomic E-state index is -1.19. The summed E-state index contributed by atoms with van der Waals surface area (Å²) in [7, 11) is 1.57. The van der Waals surface area contributed by atoms with Gasteiger partial charge in [0.2, 0.25) is 23.6 Å². The van der Waals surface area contributed by atoms with Gasteiger partial charge in [0.05, 0.1) is 53.3 Å². The Hall–Kier alpha value is -5.69. The van der Waals surface area contributed by atoms with Crippen LogP contribution in [0.1, 0.15) is 85.9 Å². The Morgan fingerprint density at radius 2 is 1.67 bits per heavy atom. The van der Waals surface area contributed by atoms with Crippen LogP contribution in [0.3, 0.4) is 0 Å². The first-order chi connectivity index (χ1) is 33.3. The molecule has 1 unspecified atom stereocenters. The van der Waals surface area contributed by atoms with Crippen LogP contribution in [0.2, 0.25) is 5.02 Å². The van der Waals surface area contributed by atoms with E-state index in [-0.39, 0.29) is 61.9 Å². The Morgan fingerprint density at radius 3 is 2.31 bits per heavy atom. The molecule has 0 spiro atoms. The molecule has 0 aliphatic carbocycles. The number of methoxy groups -OCH3 is 1. The number of nitrogens with one attached hydrogen (secondary N) is 3. The third-order valence-corrected chi connectivity index (χ3v) is 14.6. The van der Waals surface area contributed by atoms with Gasteiger partial charge >= 0.3 is 0 Å². The first-order valence-electron chi connectivity index (χ1n) is 23.8. The highest BCUT2D eigenvalue weighted by atomic mass is 35.5. The third-order valence-electron chi connectivity index (χ3n) is 13.4. The van der Waals surface area contributed by atoms with Crippen LogP contribution in [0.4, 0.5) is 0 Å². The highest BCUT2D eigenvalue weighted by molar-refractivity contribution is 7.13. The first-order valence-corrected chi connectivity index (χ1v) is 25.1. The number of piperazine rings is 1. The normalized spacial score (nSPS) is 17.9. The standard InChI is InChI=1S/C52H65ClN8O8S/c1-31(34-8-10-35(11-9-34)47-32(2)55-30-70-47)56-49(66)43-26-38(62)29-60(43)51(68)48(52(4,5)6)57-44(63)18-19-46(65)59-24-22-58(23-25-59)21-20-54-45(64)28-40-33(3)61(42-17-16-39(69-7)27-41(40)42)50(67)36-12-14-37(53)15-13-36/h8-17,27,30-31,38,43-44,48,57,62-63H,18-26,28-29H2,1-7H3,(H,54,64)(H,56,66)/t31-,38+,43-,44?,48+/m0/s1. The minimum Gasteiger partial charge on any atom is -0.497 e. The molecule has 5 N–H and O–H groups in total. The maximum absolute atomic E-state index is 14.2. The summed E-state index contributed by atoms with van der Waals surface area (Å²) in [6.45, 7) is 14.4. The van der Waals surface area contributed by atoms with E-state index in [2.05, 4.69) is 25.8 Å². The predicted octanol–water partition coefficient (Wildman–Crippen LogP) is 5.48. The highest BCUT2D eigenvalue weighted by Gasteiger charge is 2.44. The van der Waals surface area contributed by atoms with Crippen molar-refractivity contribution in [1.82, 2.24) is 40.2 Å². The van der Waals surface area contributed by atoms with Crippen molar-refractivity contribution in [3.8, 4) is 16.2 Å². The van der Waals surface area contributed by atoms with Gasteiger partial charge in [-0.15, -0.1) is 11.3 Å². The molecule has 2 aromatic heterocycles. The van der Waals surface area contributed by atoms with Gasteiger partial charge in [-0.05, 0) is 91.8 Å². The third kappa shape index (κ3) is 12.2. The minimum absolute atomic E-state index is 0.0210. The second-order valence-electron chi connectivity index (χ2n) is 19.4. The Bertz CT molecular complexity index is 2670. The lowest BCUT2D eigenvalue weighted by Crippen LogP contribution is -2.58. The Balaban J connectivity index is 0.860. The summed E-state index contributed by atoms with van der Waals surface area (Å²) in [6, 6.07) is 17.9. The maximum atomic E-state index is 14.2. The summed E-state index contributed by atoms with van der Waals surface area (Å²) >= 11 is 7.64. The van der Waals surface area contributed by atoms with Crippen molar-refractivity contribution in [3.63, 3.8) is 0 Å². The number of benzene rings is 3. The topological polar surface area (TPSA) is 199 Å². The quantitative estimate of drug-likeness (QED) is 0.0741. The van der Waals surface area contributed by atoms with Gasteiger partial charge in [-0.3, -0.25) is 38.8 Å². The van der Waals surface area contributed by atoms with Gasteiger partial charge in [0.15, 0.2) is 0 Å². The fourth-order valence-corrected chi connectivity index (χ4v) is 10.3. The molecule has 2 aliphatic rings. The van der Waals surface area contributed by atoms with Gasteiger partial charge in [-0.1, -0.05) is 56.6 Å². The van der Waals surface area contributed by atoms with E-state index < -0.39 is 35.7 Å². The molecule has 0 bridgehead atoms. The number of hydrogen-bond acceptors (Lipinski definition) is 12.